The average molecular weight is 204 g/mol. The highest BCUT2D eigenvalue weighted by Gasteiger charge is 1.95. The van der Waals surface area contributed by atoms with Gasteiger partial charge in [0.15, 0.2) is 0 Å². The van der Waals surface area contributed by atoms with Gasteiger partial charge in [0.05, 0.1) is 12.9 Å². The van der Waals surface area contributed by atoms with Crippen LogP contribution < -0.4 is 5.73 Å². The van der Waals surface area contributed by atoms with E-state index in [0.717, 1.165) is 5.76 Å². The minimum absolute atomic E-state index is 0. The monoisotopic (exact) mass is 203 g/mol. The Balaban J connectivity index is 0.00000144. The Labute approximate surface area is 83.6 Å². The maximum Gasteiger partial charge on any atom is 0.126 e. The standard InChI is InChI=1S/C9H13NO2.ClH/c10-8(7-11)3-1-4-9-5-2-6-12-9;/h1-2,4-6,8,11H,3,7,10H2;1H/b4-1+;. The lowest BCUT2D eigenvalue weighted by atomic mass is 10.2. The van der Waals surface area contributed by atoms with Crippen LogP contribution in [0.2, 0.25) is 0 Å². The molecule has 74 valence electrons. The first-order valence-corrected chi connectivity index (χ1v) is 3.89. The Morgan fingerprint density at radius 1 is 1.62 bits per heavy atom. The summed E-state index contributed by atoms with van der Waals surface area (Å²) < 4.78 is 5.06. The lowest BCUT2D eigenvalue weighted by molar-refractivity contribution is 0.267. The van der Waals surface area contributed by atoms with Crippen LogP contribution in [-0.2, 0) is 0 Å². The van der Waals surface area contributed by atoms with Crippen molar-refractivity contribution in [2.24, 2.45) is 5.73 Å². The van der Waals surface area contributed by atoms with Gasteiger partial charge >= 0.3 is 0 Å². The van der Waals surface area contributed by atoms with E-state index in [2.05, 4.69) is 0 Å². The van der Waals surface area contributed by atoms with E-state index in [1.165, 1.54) is 0 Å². The zero-order valence-electron chi connectivity index (χ0n) is 7.22. The number of hydrogen-bond donors (Lipinski definition) is 2. The molecule has 3 N–H and O–H groups in total. The summed E-state index contributed by atoms with van der Waals surface area (Å²) in [7, 11) is 0. The van der Waals surface area contributed by atoms with Crippen LogP contribution in [-0.4, -0.2) is 17.8 Å². The van der Waals surface area contributed by atoms with Gasteiger partial charge in [-0.25, -0.2) is 0 Å². The molecule has 0 aliphatic rings. The van der Waals surface area contributed by atoms with E-state index in [0.29, 0.717) is 6.42 Å². The fourth-order valence-electron chi connectivity index (χ4n) is 0.820. The molecular formula is C9H14ClNO2. The molecule has 1 rings (SSSR count). The minimum Gasteiger partial charge on any atom is -0.465 e. The van der Waals surface area contributed by atoms with Crippen LogP contribution >= 0.6 is 12.4 Å². The third-order valence-electron chi connectivity index (χ3n) is 1.50. The molecule has 1 unspecified atom stereocenters. The highest BCUT2D eigenvalue weighted by molar-refractivity contribution is 5.85. The van der Waals surface area contributed by atoms with E-state index in [4.69, 9.17) is 15.3 Å². The predicted octanol–water partition coefficient (Wildman–Crippen LogP) is 1.42. The third kappa shape index (κ3) is 4.72. The number of aliphatic hydroxyl groups is 1. The fraction of sp³-hybridized carbons (Fsp3) is 0.333. The van der Waals surface area contributed by atoms with E-state index in [-0.39, 0.29) is 25.1 Å². The summed E-state index contributed by atoms with van der Waals surface area (Å²) in [6.07, 6.45) is 6.01. The van der Waals surface area contributed by atoms with Gasteiger partial charge in [-0.3, -0.25) is 0 Å². The van der Waals surface area contributed by atoms with Gasteiger partial charge in [0.25, 0.3) is 0 Å². The summed E-state index contributed by atoms with van der Waals surface area (Å²) in [6.45, 7) is 0.0164. The second-order valence-electron chi connectivity index (χ2n) is 2.60. The highest BCUT2D eigenvalue weighted by Crippen LogP contribution is 2.03. The summed E-state index contributed by atoms with van der Waals surface area (Å²) in [5.41, 5.74) is 5.48. The smallest absolute Gasteiger partial charge is 0.126 e. The predicted molar refractivity (Wildman–Crippen MR) is 54.7 cm³/mol. The molecule has 0 radical (unpaired) electrons. The summed E-state index contributed by atoms with van der Waals surface area (Å²) in [5, 5.41) is 8.61. The van der Waals surface area contributed by atoms with E-state index in [1.807, 2.05) is 24.3 Å². The second kappa shape index (κ2) is 6.71. The maximum atomic E-state index is 8.61. The van der Waals surface area contributed by atoms with E-state index < -0.39 is 0 Å². The molecule has 1 atom stereocenters. The fourth-order valence-corrected chi connectivity index (χ4v) is 0.820. The van der Waals surface area contributed by atoms with Gasteiger partial charge in [-0.05, 0) is 24.6 Å². The van der Waals surface area contributed by atoms with Crippen LogP contribution in [0.5, 0.6) is 0 Å². The molecule has 0 saturated carbocycles. The highest BCUT2D eigenvalue weighted by atomic mass is 35.5. The number of rotatable bonds is 4. The van der Waals surface area contributed by atoms with Gasteiger partial charge in [0.1, 0.15) is 5.76 Å². The van der Waals surface area contributed by atoms with Crippen molar-refractivity contribution < 1.29 is 9.52 Å². The molecule has 0 bridgehead atoms. The zero-order chi connectivity index (χ0) is 8.81. The summed E-state index contributed by atoms with van der Waals surface area (Å²) in [4.78, 5) is 0. The number of hydrogen-bond acceptors (Lipinski definition) is 3. The molecule has 0 amide bonds. The topological polar surface area (TPSA) is 59.4 Å². The molecular weight excluding hydrogens is 190 g/mol. The normalized spacial score (nSPS) is 12.8. The lowest BCUT2D eigenvalue weighted by Crippen LogP contribution is -2.22. The Hall–Kier alpha value is -0.770. The van der Waals surface area contributed by atoms with E-state index >= 15 is 0 Å². The van der Waals surface area contributed by atoms with Crippen molar-refractivity contribution in [1.82, 2.24) is 0 Å². The largest absolute Gasteiger partial charge is 0.465 e. The number of furan rings is 1. The molecule has 0 saturated heterocycles. The van der Waals surface area contributed by atoms with Crippen molar-refractivity contribution >= 4 is 18.5 Å². The van der Waals surface area contributed by atoms with E-state index in [1.54, 1.807) is 6.26 Å². The van der Waals surface area contributed by atoms with Crippen molar-refractivity contribution in [3.63, 3.8) is 0 Å². The van der Waals surface area contributed by atoms with Crippen LogP contribution in [0.4, 0.5) is 0 Å². The third-order valence-corrected chi connectivity index (χ3v) is 1.50. The molecule has 1 aromatic rings. The molecule has 1 heterocycles. The van der Waals surface area contributed by atoms with Gasteiger partial charge in [0, 0.05) is 6.04 Å². The van der Waals surface area contributed by atoms with Crippen molar-refractivity contribution in [3.8, 4) is 0 Å². The Bertz CT molecular complexity index is 234. The van der Waals surface area contributed by atoms with Crippen molar-refractivity contribution in [1.29, 1.82) is 0 Å². The Morgan fingerprint density at radius 2 is 2.38 bits per heavy atom. The second-order valence-corrected chi connectivity index (χ2v) is 2.60. The Morgan fingerprint density at radius 3 is 2.92 bits per heavy atom. The quantitative estimate of drug-likeness (QED) is 0.778. The van der Waals surface area contributed by atoms with Gasteiger partial charge in [-0.15, -0.1) is 12.4 Å². The average Bonchev–Trinajstić information content (AvgIpc) is 2.57. The van der Waals surface area contributed by atoms with Gasteiger partial charge < -0.3 is 15.3 Å². The molecule has 0 aliphatic carbocycles. The van der Waals surface area contributed by atoms with Crippen LogP contribution in [0.25, 0.3) is 6.08 Å². The van der Waals surface area contributed by atoms with E-state index in [9.17, 15) is 0 Å². The van der Waals surface area contributed by atoms with Gasteiger partial charge in [0.2, 0.25) is 0 Å². The first-order valence-electron chi connectivity index (χ1n) is 3.89. The summed E-state index contributed by atoms with van der Waals surface area (Å²) in [6, 6.07) is 3.52. The van der Waals surface area contributed by atoms with Gasteiger partial charge in [-0.1, -0.05) is 6.08 Å². The SMILES string of the molecule is Cl.NC(CO)C/C=C/c1ccco1. The molecule has 0 aromatic carbocycles. The first kappa shape index (κ1) is 12.2. The molecule has 0 spiro atoms. The first-order chi connectivity index (χ1) is 5.83. The molecule has 3 nitrogen and oxygen atoms in total. The molecule has 0 fully saturated rings. The number of nitrogens with two attached hydrogens (primary N) is 1. The maximum absolute atomic E-state index is 8.61. The molecule has 13 heavy (non-hydrogen) atoms. The van der Waals surface area contributed by atoms with Crippen molar-refractivity contribution in [2.45, 2.75) is 12.5 Å². The molecule has 1 aromatic heterocycles. The molecule has 4 heteroatoms. The van der Waals surface area contributed by atoms with Crippen LogP contribution in [0.3, 0.4) is 0 Å². The van der Waals surface area contributed by atoms with Gasteiger partial charge in [-0.2, -0.15) is 0 Å². The number of aliphatic hydroxyl groups excluding tert-OH is 1. The van der Waals surface area contributed by atoms with Crippen molar-refractivity contribution in [2.75, 3.05) is 6.61 Å². The zero-order valence-corrected chi connectivity index (χ0v) is 8.04. The minimum atomic E-state index is -0.170. The molecule has 0 aliphatic heterocycles. The van der Waals surface area contributed by atoms with Crippen LogP contribution in [0.1, 0.15) is 12.2 Å². The summed E-state index contributed by atoms with van der Waals surface area (Å²) >= 11 is 0. The van der Waals surface area contributed by atoms with Crippen LogP contribution in [0.15, 0.2) is 28.9 Å². The summed E-state index contributed by atoms with van der Waals surface area (Å²) in [5.74, 6) is 0.806. The van der Waals surface area contributed by atoms with Crippen LogP contribution in [0, 0.1) is 0 Å². The number of halogens is 1. The Kier molecular flexibility index (Phi) is 6.32. The van der Waals surface area contributed by atoms with Crippen molar-refractivity contribution in [3.05, 3.63) is 30.2 Å². The lowest BCUT2D eigenvalue weighted by Gasteiger charge is -2.01.